The molecule has 0 aliphatic carbocycles. The van der Waals surface area contributed by atoms with Gasteiger partial charge in [0, 0.05) is 38.0 Å². The number of ether oxygens (including phenoxy) is 2. The van der Waals surface area contributed by atoms with Gasteiger partial charge in [0.05, 0.1) is 6.42 Å². The normalized spacial score (nSPS) is 17.7. The Bertz CT molecular complexity index is 651. The second-order valence-electron chi connectivity index (χ2n) is 5.28. The van der Waals surface area contributed by atoms with E-state index in [0.717, 1.165) is 17.1 Å². The summed E-state index contributed by atoms with van der Waals surface area (Å²) in [6.45, 7) is 1.37. The molecule has 2 aliphatic heterocycles. The third kappa shape index (κ3) is 4.65. The first-order chi connectivity index (χ1) is 12.3. The summed E-state index contributed by atoms with van der Waals surface area (Å²) in [7, 11) is 0. The molecule has 0 radical (unpaired) electrons. The summed E-state index contributed by atoms with van der Waals surface area (Å²) in [6.07, 6.45) is -0.871. The van der Waals surface area contributed by atoms with E-state index in [-0.39, 0.29) is 32.2 Å². The van der Waals surface area contributed by atoms with Gasteiger partial charge in [-0.1, -0.05) is 12.0 Å². The van der Waals surface area contributed by atoms with Crippen molar-refractivity contribution in [2.45, 2.75) is 38.9 Å². The number of imide groups is 2. The molecule has 2 aliphatic rings. The van der Waals surface area contributed by atoms with Gasteiger partial charge in [0.25, 0.3) is 29.9 Å². The van der Waals surface area contributed by atoms with E-state index < -0.39 is 42.0 Å². The first-order valence-corrected chi connectivity index (χ1v) is 7.79. The van der Waals surface area contributed by atoms with Gasteiger partial charge in [0.2, 0.25) is 0 Å². The maximum atomic E-state index is 11.8. The fourth-order valence-electron chi connectivity index (χ4n) is 2.11. The van der Waals surface area contributed by atoms with Gasteiger partial charge >= 0.3 is 12.1 Å². The minimum Gasteiger partial charge on any atom is -0.425 e. The van der Waals surface area contributed by atoms with Crippen LogP contribution in [0.2, 0.25) is 0 Å². The Morgan fingerprint density at radius 2 is 1.62 bits per heavy atom. The molecule has 26 heavy (non-hydrogen) atoms. The summed E-state index contributed by atoms with van der Waals surface area (Å²) in [5.41, 5.74) is 0. The van der Waals surface area contributed by atoms with Crippen molar-refractivity contribution in [2.24, 2.45) is 0 Å². The first-order valence-electron chi connectivity index (χ1n) is 7.79. The molecule has 11 heteroatoms. The van der Waals surface area contributed by atoms with Gasteiger partial charge in [-0.25, -0.2) is 4.79 Å². The summed E-state index contributed by atoms with van der Waals surface area (Å²) in [4.78, 5) is 74.1. The summed E-state index contributed by atoms with van der Waals surface area (Å²) in [5, 5.41) is 0.300. The number of hydroxylamine groups is 2. The second-order valence-corrected chi connectivity index (χ2v) is 5.28. The van der Waals surface area contributed by atoms with E-state index >= 15 is 0 Å². The van der Waals surface area contributed by atoms with E-state index in [0.29, 0.717) is 5.06 Å². The van der Waals surface area contributed by atoms with Crippen LogP contribution in [0.3, 0.4) is 0 Å². The monoisotopic (exact) mass is 368 g/mol. The third-order valence-electron chi connectivity index (χ3n) is 3.44. The fourth-order valence-corrected chi connectivity index (χ4v) is 2.11. The number of nitrogens with zero attached hydrogens (tertiary/aromatic N) is 2. The van der Waals surface area contributed by atoms with E-state index in [1.807, 2.05) is 0 Å². The Morgan fingerprint density at radius 1 is 1.04 bits per heavy atom. The van der Waals surface area contributed by atoms with Gasteiger partial charge in [-0.05, 0) is 0 Å². The molecule has 0 aromatic heterocycles. The lowest BCUT2D eigenvalue weighted by Gasteiger charge is -2.19. The van der Waals surface area contributed by atoms with Crippen LogP contribution in [0.15, 0.2) is 12.2 Å². The Balaban J connectivity index is 1.77. The van der Waals surface area contributed by atoms with Crippen LogP contribution in [0.4, 0.5) is 4.79 Å². The van der Waals surface area contributed by atoms with Crippen molar-refractivity contribution in [3.8, 4) is 0 Å². The topological polar surface area (TPSA) is 137 Å². The third-order valence-corrected chi connectivity index (χ3v) is 3.44. The second kappa shape index (κ2) is 8.23. The SMILES string of the molecule is CCC(OC(=O)CCN1C(=O)C=CC1=O)OC(=O)ON1C(=O)CCC1=O. The number of hydrogen-bond donors (Lipinski definition) is 0. The average Bonchev–Trinajstić information content (AvgIpc) is 3.08. The molecular weight excluding hydrogens is 352 g/mol. The molecule has 1 saturated heterocycles. The molecule has 1 atom stereocenters. The van der Waals surface area contributed by atoms with Crippen molar-refractivity contribution in [1.29, 1.82) is 0 Å². The molecule has 2 heterocycles. The quantitative estimate of drug-likeness (QED) is 0.340. The number of hydrogen-bond acceptors (Lipinski definition) is 9. The molecule has 1 fully saturated rings. The predicted octanol–water partition coefficient (Wildman–Crippen LogP) is -0.202. The Kier molecular flexibility index (Phi) is 6.04. The highest BCUT2D eigenvalue weighted by Crippen LogP contribution is 2.14. The minimum atomic E-state index is -1.37. The van der Waals surface area contributed by atoms with Gasteiger partial charge in [-0.2, -0.15) is 0 Å². The maximum absolute atomic E-state index is 11.8. The fraction of sp³-hybridized carbons (Fsp3) is 0.467. The standard InChI is InChI=1S/C15H16N2O9/c1-2-14(25-15(23)26-17-11(20)5-6-12(17)21)24-13(22)7-8-16-9(18)3-4-10(16)19/h3-4,14H,2,5-8H2,1H3. The van der Waals surface area contributed by atoms with Crippen LogP contribution in [-0.2, 0) is 38.3 Å². The molecular formula is C15H16N2O9. The molecule has 0 aromatic rings. The lowest BCUT2D eigenvalue weighted by molar-refractivity contribution is -0.194. The van der Waals surface area contributed by atoms with Crippen LogP contribution in [0.25, 0.3) is 0 Å². The molecule has 4 amide bonds. The molecule has 0 N–H and O–H groups in total. The number of carbonyl (C=O) groups is 6. The van der Waals surface area contributed by atoms with Crippen LogP contribution in [0, 0.1) is 0 Å². The summed E-state index contributed by atoms with van der Waals surface area (Å²) in [6, 6.07) is 0. The lowest BCUT2D eigenvalue weighted by Crippen LogP contribution is -2.35. The number of carbonyl (C=O) groups excluding carboxylic acids is 6. The van der Waals surface area contributed by atoms with Crippen molar-refractivity contribution in [1.82, 2.24) is 9.96 Å². The Labute approximate surface area is 147 Å². The molecule has 140 valence electrons. The molecule has 0 saturated carbocycles. The van der Waals surface area contributed by atoms with Crippen LogP contribution < -0.4 is 0 Å². The predicted molar refractivity (Wildman–Crippen MR) is 79.3 cm³/mol. The van der Waals surface area contributed by atoms with Crippen molar-refractivity contribution >= 4 is 35.8 Å². The smallest absolute Gasteiger partial charge is 0.425 e. The highest BCUT2D eigenvalue weighted by atomic mass is 16.9. The van der Waals surface area contributed by atoms with Crippen molar-refractivity contribution in [3.63, 3.8) is 0 Å². The molecule has 0 spiro atoms. The van der Waals surface area contributed by atoms with Crippen LogP contribution in [-0.4, -0.2) is 58.6 Å². The van der Waals surface area contributed by atoms with Crippen molar-refractivity contribution < 1.29 is 43.1 Å². The van der Waals surface area contributed by atoms with E-state index in [4.69, 9.17) is 9.47 Å². The summed E-state index contributed by atoms with van der Waals surface area (Å²) >= 11 is 0. The first kappa shape index (κ1) is 19.1. The van der Waals surface area contributed by atoms with Gasteiger partial charge in [-0.15, -0.1) is 0 Å². The Hall–Kier alpha value is -3.24. The largest absolute Gasteiger partial charge is 0.537 e. The van der Waals surface area contributed by atoms with Gasteiger partial charge in [0.15, 0.2) is 0 Å². The van der Waals surface area contributed by atoms with Gasteiger partial charge < -0.3 is 9.47 Å². The lowest BCUT2D eigenvalue weighted by atomic mass is 10.4. The van der Waals surface area contributed by atoms with Crippen LogP contribution in [0.1, 0.15) is 32.6 Å². The van der Waals surface area contributed by atoms with E-state index in [1.54, 1.807) is 6.92 Å². The van der Waals surface area contributed by atoms with E-state index in [1.165, 1.54) is 0 Å². The number of rotatable bonds is 7. The zero-order valence-electron chi connectivity index (χ0n) is 13.8. The molecule has 1 unspecified atom stereocenters. The van der Waals surface area contributed by atoms with Crippen LogP contribution >= 0.6 is 0 Å². The highest BCUT2D eigenvalue weighted by Gasteiger charge is 2.34. The number of esters is 1. The van der Waals surface area contributed by atoms with Gasteiger partial charge in [0.1, 0.15) is 0 Å². The number of amides is 4. The van der Waals surface area contributed by atoms with E-state index in [9.17, 15) is 28.8 Å². The van der Waals surface area contributed by atoms with Crippen molar-refractivity contribution in [3.05, 3.63) is 12.2 Å². The zero-order valence-corrected chi connectivity index (χ0v) is 13.8. The molecule has 2 rings (SSSR count). The zero-order chi connectivity index (χ0) is 19.3. The summed E-state index contributed by atoms with van der Waals surface area (Å²) < 4.78 is 9.63. The van der Waals surface area contributed by atoms with E-state index in [2.05, 4.69) is 4.84 Å². The Morgan fingerprint density at radius 3 is 2.15 bits per heavy atom. The molecule has 0 aromatic carbocycles. The molecule has 0 bridgehead atoms. The summed E-state index contributed by atoms with van der Waals surface area (Å²) in [5.74, 6) is -3.23. The van der Waals surface area contributed by atoms with Crippen molar-refractivity contribution in [2.75, 3.05) is 6.54 Å². The van der Waals surface area contributed by atoms with Crippen LogP contribution in [0.5, 0.6) is 0 Å². The highest BCUT2D eigenvalue weighted by molar-refractivity contribution is 6.13. The minimum absolute atomic E-state index is 0.0684. The van der Waals surface area contributed by atoms with Gasteiger partial charge in [-0.3, -0.25) is 33.7 Å². The molecule has 11 nitrogen and oxygen atoms in total. The maximum Gasteiger partial charge on any atom is 0.537 e. The average molecular weight is 368 g/mol.